The smallest absolute Gasteiger partial charge is 0.191 e. The van der Waals surface area contributed by atoms with E-state index >= 15 is 0 Å². The van der Waals surface area contributed by atoms with E-state index in [-0.39, 0.29) is 0 Å². The average molecular weight is 181 g/mol. The molecule has 0 saturated carbocycles. The summed E-state index contributed by atoms with van der Waals surface area (Å²) in [5, 5.41) is 6.44. The van der Waals surface area contributed by atoms with Gasteiger partial charge in [0.1, 0.15) is 0 Å². The molecule has 4 heteroatoms. The van der Waals surface area contributed by atoms with Gasteiger partial charge in [-0.25, -0.2) is 0 Å². The molecule has 2 heterocycles. The number of aliphatic imine (C=N–C) groups is 1. The number of rotatable bonds is 2. The molecule has 0 aliphatic carbocycles. The second-order valence-electron chi connectivity index (χ2n) is 3.20. The van der Waals surface area contributed by atoms with Gasteiger partial charge < -0.3 is 15.4 Å². The van der Waals surface area contributed by atoms with Crippen molar-refractivity contribution in [2.75, 3.05) is 32.8 Å². The maximum absolute atomic E-state index is 5.22. The highest BCUT2D eigenvalue weighted by atomic mass is 16.5. The van der Waals surface area contributed by atoms with Crippen LogP contribution in [0.4, 0.5) is 0 Å². The molecule has 2 aliphatic heterocycles. The van der Waals surface area contributed by atoms with Crippen LogP contribution in [0.25, 0.3) is 0 Å². The van der Waals surface area contributed by atoms with Crippen molar-refractivity contribution in [3.05, 3.63) is 11.6 Å². The Morgan fingerprint density at radius 1 is 1.62 bits per heavy atom. The van der Waals surface area contributed by atoms with E-state index in [0.29, 0.717) is 0 Å². The summed E-state index contributed by atoms with van der Waals surface area (Å²) in [4.78, 5) is 4.26. The molecule has 0 saturated heterocycles. The summed E-state index contributed by atoms with van der Waals surface area (Å²) in [6.45, 7) is 4.37. The minimum Gasteiger partial charge on any atom is -0.377 e. The van der Waals surface area contributed by atoms with Crippen molar-refractivity contribution in [1.29, 1.82) is 0 Å². The fraction of sp³-hybridized carbons (Fsp3) is 0.667. The molecule has 4 nitrogen and oxygen atoms in total. The number of hydrogen-bond donors (Lipinski definition) is 2. The van der Waals surface area contributed by atoms with Crippen LogP contribution < -0.4 is 10.6 Å². The standard InChI is InChI=1S/C9H15N3O/c1-5-13-6-2-8(1)7-12-9-10-3-4-11-9/h1H,2-7H2,(H2,10,11,12). The van der Waals surface area contributed by atoms with Crippen molar-refractivity contribution in [1.82, 2.24) is 10.6 Å². The minimum absolute atomic E-state index is 0.761. The SMILES string of the molecule is C1=C(CNC2=NCCN2)CCOC1. The quantitative estimate of drug-likeness (QED) is 0.584. The van der Waals surface area contributed by atoms with E-state index < -0.39 is 0 Å². The third-order valence-electron chi connectivity index (χ3n) is 2.21. The summed E-state index contributed by atoms with van der Waals surface area (Å²) in [7, 11) is 0. The predicted molar refractivity (Wildman–Crippen MR) is 51.8 cm³/mol. The monoisotopic (exact) mass is 181 g/mol. The van der Waals surface area contributed by atoms with Gasteiger partial charge in [0.15, 0.2) is 5.96 Å². The first kappa shape index (κ1) is 8.56. The zero-order valence-corrected chi connectivity index (χ0v) is 7.68. The fourth-order valence-corrected chi connectivity index (χ4v) is 1.44. The summed E-state index contributed by atoms with van der Waals surface area (Å²) in [5.41, 5.74) is 1.42. The summed E-state index contributed by atoms with van der Waals surface area (Å²) >= 11 is 0. The fourth-order valence-electron chi connectivity index (χ4n) is 1.44. The number of nitrogens with zero attached hydrogens (tertiary/aromatic N) is 1. The summed E-state index contributed by atoms with van der Waals surface area (Å²) in [5.74, 6) is 0.937. The van der Waals surface area contributed by atoms with Crippen LogP contribution in [0.1, 0.15) is 6.42 Å². The number of ether oxygens (including phenoxy) is 1. The van der Waals surface area contributed by atoms with Crippen molar-refractivity contribution in [2.45, 2.75) is 6.42 Å². The zero-order chi connectivity index (χ0) is 8.93. The number of guanidine groups is 1. The Hall–Kier alpha value is -1.03. The Morgan fingerprint density at radius 2 is 2.62 bits per heavy atom. The van der Waals surface area contributed by atoms with Crippen LogP contribution in [0, 0.1) is 0 Å². The van der Waals surface area contributed by atoms with Crippen LogP contribution in [0.5, 0.6) is 0 Å². The van der Waals surface area contributed by atoms with Gasteiger partial charge in [0, 0.05) is 13.1 Å². The Labute approximate surface area is 78.1 Å². The first-order valence-electron chi connectivity index (χ1n) is 4.73. The van der Waals surface area contributed by atoms with E-state index in [1.807, 2.05) is 0 Å². The Morgan fingerprint density at radius 3 is 3.31 bits per heavy atom. The highest BCUT2D eigenvalue weighted by molar-refractivity contribution is 5.81. The van der Waals surface area contributed by atoms with Gasteiger partial charge in [-0.1, -0.05) is 11.6 Å². The molecule has 0 fully saturated rings. The average Bonchev–Trinajstić information content (AvgIpc) is 2.69. The van der Waals surface area contributed by atoms with Crippen LogP contribution in [-0.4, -0.2) is 38.8 Å². The van der Waals surface area contributed by atoms with E-state index in [4.69, 9.17) is 4.74 Å². The van der Waals surface area contributed by atoms with E-state index in [9.17, 15) is 0 Å². The maximum atomic E-state index is 5.22. The summed E-state index contributed by atoms with van der Waals surface area (Å²) in [6.07, 6.45) is 3.19. The summed E-state index contributed by atoms with van der Waals surface area (Å²) in [6, 6.07) is 0. The second-order valence-corrected chi connectivity index (χ2v) is 3.20. The van der Waals surface area contributed by atoms with Gasteiger partial charge in [-0.05, 0) is 6.42 Å². The zero-order valence-electron chi connectivity index (χ0n) is 7.68. The highest BCUT2D eigenvalue weighted by Crippen LogP contribution is 2.05. The third kappa shape index (κ3) is 2.45. The molecule has 0 aromatic carbocycles. The van der Waals surface area contributed by atoms with Gasteiger partial charge in [-0.15, -0.1) is 0 Å². The van der Waals surface area contributed by atoms with Gasteiger partial charge in [-0.2, -0.15) is 0 Å². The summed E-state index contributed by atoms with van der Waals surface area (Å²) < 4.78 is 5.22. The second kappa shape index (κ2) is 4.28. The third-order valence-corrected chi connectivity index (χ3v) is 2.21. The molecule has 0 amide bonds. The van der Waals surface area contributed by atoms with Crippen LogP contribution in [0.3, 0.4) is 0 Å². The largest absolute Gasteiger partial charge is 0.377 e. The van der Waals surface area contributed by atoms with Gasteiger partial charge in [0.05, 0.1) is 19.8 Å². The van der Waals surface area contributed by atoms with E-state index in [1.54, 1.807) is 0 Å². The molecule has 2 rings (SSSR count). The van der Waals surface area contributed by atoms with Crippen molar-refractivity contribution < 1.29 is 4.74 Å². The maximum Gasteiger partial charge on any atom is 0.191 e. The lowest BCUT2D eigenvalue weighted by molar-refractivity contribution is 0.154. The molecule has 13 heavy (non-hydrogen) atoms. The molecule has 2 N–H and O–H groups in total. The van der Waals surface area contributed by atoms with Gasteiger partial charge in [-0.3, -0.25) is 4.99 Å². The Kier molecular flexibility index (Phi) is 2.82. The molecule has 0 spiro atoms. The Balaban J connectivity index is 1.74. The van der Waals surface area contributed by atoms with E-state index in [0.717, 1.165) is 45.2 Å². The van der Waals surface area contributed by atoms with Crippen LogP contribution in [0.15, 0.2) is 16.6 Å². The van der Waals surface area contributed by atoms with Crippen molar-refractivity contribution in [3.63, 3.8) is 0 Å². The highest BCUT2D eigenvalue weighted by Gasteiger charge is 2.06. The molecule has 0 radical (unpaired) electrons. The molecule has 0 bridgehead atoms. The van der Waals surface area contributed by atoms with Crippen LogP contribution >= 0.6 is 0 Å². The lowest BCUT2D eigenvalue weighted by atomic mass is 10.1. The molecule has 0 aromatic heterocycles. The lowest BCUT2D eigenvalue weighted by Gasteiger charge is -2.14. The van der Waals surface area contributed by atoms with Crippen molar-refractivity contribution >= 4 is 5.96 Å². The van der Waals surface area contributed by atoms with Gasteiger partial charge in [0.25, 0.3) is 0 Å². The molecule has 0 unspecified atom stereocenters. The first-order chi connectivity index (χ1) is 6.45. The minimum atomic E-state index is 0.761. The normalized spacial score (nSPS) is 21.8. The number of hydrogen-bond acceptors (Lipinski definition) is 4. The Bertz CT molecular complexity index is 235. The van der Waals surface area contributed by atoms with E-state index in [2.05, 4.69) is 21.7 Å². The topological polar surface area (TPSA) is 45.7 Å². The molecule has 2 aliphatic rings. The molecular formula is C9H15N3O. The van der Waals surface area contributed by atoms with Gasteiger partial charge >= 0.3 is 0 Å². The molecule has 72 valence electrons. The van der Waals surface area contributed by atoms with Crippen molar-refractivity contribution in [3.8, 4) is 0 Å². The van der Waals surface area contributed by atoms with Gasteiger partial charge in [0.2, 0.25) is 0 Å². The van der Waals surface area contributed by atoms with Crippen LogP contribution in [0.2, 0.25) is 0 Å². The van der Waals surface area contributed by atoms with E-state index in [1.165, 1.54) is 5.57 Å². The molecule has 0 aromatic rings. The molecular weight excluding hydrogens is 166 g/mol. The first-order valence-corrected chi connectivity index (χ1v) is 4.73. The van der Waals surface area contributed by atoms with Crippen molar-refractivity contribution in [2.24, 2.45) is 4.99 Å². The lowest BCUT2D eigenvalue weighted by Crippen LogP contribution is -2.35. The predicted octanol–water partition coefficient (Wildman–Crippen LogP) is -0.118. The van der Waals surface area contributed by atoms with Crippen LogP contribution in [-0.2, 0) is 4.74 Å². The molecule has 0 atom stereocenters. The number of nitrogens with one attached hydrogen (secondary N) is 2.